The van der Waals surface area contributed by atoms with Crippen LogP contribution in [-0.2, 0) is 19.9 Å². The van der Waals surface area contributed by atoms with Crippen molar-refractivity contribution in [1.29, 1.82) is 0 Å². The maximum Gasteiger partial charge on any atom is 0.171 e. The van der Waals surface area contributed by atoms with Crippen molar-refractivity contribution in [3.63, 3.8) is 0 Å². The maximum absolute atomic E-state index is 10.5. The number of aldehydes is 1. The molecule has 0 saturated heterocycles. The lowest BCUT2D eigenvalue weighted by atomic mass is 10.1. The van der Waals surface area contributed by atoms with Gasteiger partial charge in [0.05, 0.1) is 0 Å². The Morgan fingerprint density at radius 1 is 1.32 bits per heavy atom. The van der Waals surface area contributed by atoms with E-state index < -0.39 is 0 Å². The van der Waals surface area contributed by atoms with Crippen molar-refractivity contribution < 1.29 is 9.32 Å². The third-order valence-electron chi connectivity index (χ3n) is 3.32. The Bertz CT molecular complexity index is 725. The molecule has 3 rings (SSSR count). The molecule has 0 atom stereocenters. The van der Waals surface area contributed by atoms with Crippen molar-refractivity contribution in [1.82, 2.24) is 9.72 Å². The first kappa shape index (κ1) is 11.7. The zero-order chi connectivity index (χ0) is 13.2. The van der Waals surface area contributed by atoms with E-state index in [-0.39, 0.29) is 0 Å². The highest BCUT2D eigenvalue weighted by atomic mass is 16.5. The van der Waals surface area contributed by atoms with Crippen LogP contribution < -0.4 is 0 Å². The largest absolute Gasteiger partial charge is 0.361 e. The van der Waals surface area contributed by atoms with Crippen LogP contribution in [0.25, 0.3) is 10.9 Å². The lowest BCUT2D eigenvalue weighted by molar-refractivity contribution is 0.111. The fourth-order valence-electron chi connectivity index (χ4n) is 2.38. The molecule has 0 saturated carbocycles. The molecule has 0 amide bonds. The molecule has 1 aromatic carbocycles. The lowest BCUT2D eigenvalue weighted by Crippen LogP contribution is -1.88. The quantitative estimate of drug-likeness (QED) is 0.673. The van der Waals surface area contributed by atoms with Gasteiger partial charge in [-0.3, -0.25) is 4.79 Å². The van der Waals surface area contributed by atoms with Gasteiger partial charge in [-0.1, -0.05) is 23.4 Å². The normalized spacial score (nSPS) is 11.0. The van der Waals surface area contributed by atoms with Crippen LogP contribution in [0.2, 0.25) is 0 Å². The molecule has 2 heterocycles. The van der Waals surface area contributed by atoms with Crippen LogP contribution in [0.3, 0.4) is 0 Å². The number of para-hydroxylation sites is 1. The summed E-state index contributed by atoms with van der Waals surface area (Å²) in [6, 6.07) is 10.0. The highest BCUT2D eigenvalue weighted by Crippen LogP contribution is 2.21. The summed E-state index contributed by atoms with van der Waals surface area (Å²) < 4.78 is 7.23. The van der Waals surface area contributed by atoms with E-state index in [4.69, 9.17) is 4.52 Å². The number of aryl methyl sites for hydroxylation is 3. The molecule has 4 nitrogen and oxygen atoms in total. The Morgan fingerprint density at radius 2 is 2.16 bits per heavy atom. The number of rotatable bonds is 4. The second-order valence-corrected chi connectivity index (χ2v) is 4.62. The molecule has 0 radical (unpaired) electrons. The summed E-state index contributed by atoms with van der Waals surface area (Å²) in [5, 5.41) is 4.93. The van der Waals surface area contributed by atoms with Gasteiger partial charge in [0.15, 0.2) is 6.29 Å². The van der Waals surface area contributed by atoms with Gasteiger partial charge in [-0.05, 0) is 18.1 Å². The molecule has 0 aliphatic carbocycles. The summed E-state index contributed by atoms with van der Waals surface area (Å²) >= 11 is 0. The van der Waals surface area contributed by atoms with Gasteiger partial charge >= 0.3 is 0 Å². The minimum atomic E-state index is 0.355. The molecule has 0 spiro atoms. The number of carbonyl (C=O) groups excluding carboxylic acids is 1. The molecule has 4 heteroatoms. The predicted octanol–water partition coefficient (Wildman–Crippen LogP) is 2.76. The van der Waals surface area contributed by atoms with Crippen LogP contribution in [-0.4, -0.2) is 16.0 Å². The van der Waals surface area contributed by atoms with Crippen molar-refractivity contribution in [2.24, 2.45) is 7.05 Å². The fraction of sp³-hybridized carbons (Fsp3) is 0.200. The average Bonchev–Trinajstić information content (AvgIpc) is 3.02. The van der Waals surface area contributed by atoms with Gasteiger partial charge in [0.1, 0.15) is 11.5 Å². The smallest absolute Gasteiger partial charge is 0.171 e. The first-order valence-corrected chi connectivity index (χ1v) is 6.21. The Balaban J connectivity index is 1.83. The lowest BCUT2D eigenvalue weighted by Gasteiger charge is -1.96. The molecule has 0 unspecified atom stereocenters. The van der Waals surface area contributed by atoms with E-state index in [1.807, 2.05) is 19.2 Å². The van der Waals surface area contributed by atoms with Crippen molar-refractivity contribution in [2.45, 2.75) is 12.8 Å². The molecule has 2 aromatic heterocycles. The standard InChI is InChI=1S/C15H14N2O2/c1-17-9-11(14-4-2-3-5-15(14)17)6-7-13-8-12(10-18)16-19-13/h2-5,8-10H,6-7H2,1H3. The van der Waals surface area contributed by atoms with Crippen LogP contribution in [0.4, 0.5) is 0 Å². The van der Waals surface area contributed by atoms with Gasteiger partial charge < -0.3 is 9.09 Å². The van der Waals surface area contributed by atoms with E-state index in [0.29, 0.717) is 12.0 Å². The Kier molecular flexibility index (Phi) is 2.91. The third kappa shape index (κ3) is 2.17. The van der Waals surface area contributed by atoms with E-state index in [9.17, 15) is 4.79 Å². The molecular formula is C15H14N2O2. The summed E-state index contributed by atoms with van der Waals surface area (Å²) in [5.74, 6) is 0.745. The summed E-state index contributed by atoms with van der Waals surface area (Å²) in [4.78, 5) is 10.5. The van der Waals surface area contributed by atoms with E-state index in [0.717, 1.165) is 18.6 Å². The molecule has 0 fully saturated rings. The highest BCUT2D eigenvalue weighted by molar-refractivity contribution is 5.83. The number of hydrogen-bond acceptors (Lipinski definition) is 3. The zero-order valence-electron chi connectivity index (χ0n) is 10.7. The Hall–Kier alpha value is -2.36. The van der Waals surface area contributed by atoms with Crippen molar-refractivity contribution in [3.8, 4) is 0 Å². The molecule has 19 heavy (non-hydrogen) atoms. The summed E-state index contributed by atoms with van der Waals surface area (Å²) in [5.41, 5.74) is 2.86. The van der Waals surface area contributed by atoms with Crippen LogP contribution in [0.1, 0.15) is 21.8 Å². The predicted molar refractivity (Wildman–Crippen MR) is 72.2 cm³/mol. The number of aromatic nitrogens is 2. The summed E-state index contributed by atoms with van der Waals surface area (Å²) in [6.07, 6.45) is 4.45. The number of benzene rings is 1. The second-order valence-electron chi connectivity index (χ2n) is 4.62. The third-order valence-corrected chi connectivity index (χ3v) is 3.32. The molecule has 0 N–H and O–H groups in total. The zero-order valence-corrected chi connectivity index (χ0v) is 10.7. The monoisotopic (exact) mass is 254 g/mol. The number of fused-ring (bicyclic) bond motifs is 1. The maximum atomic E-state index is 10.5. The topological polar surface area (TPSA) is 48.0 Å². The van der Waals surface area contributed by atoms with Gasteiger partial charge in [0.2, 0.25) is 0 Å². The van der Waals surface area contributed by atoms with Crippen LogP contribution in [0.5, 0.6) is 0 Å². The highest BCUT2D eigenvalue weighted by Gasteiger charge is 2.08. The Labute approximate surface area is 110 Å². The second kappa shape index (κ2) is 4.72. The van der Waals surface area contributed by atoms with E-state index >= 15 is 0 Å². The molecular weight excluding hydrogens is 240 g/mol. The molecule has 3 aromatic rings. The molecule has 0 bridgehead atoms. The van der Waals surface area contributed by atoms with Crippen LogP contribution >= 0.6 is 0 Å². The van der Waals surface area contributed by atoms with Gasteiger partial charge in [-0.2, -0.15) is 0 Å². The van der Waals surface area contributed by atoms with Crippen molar-refractivity contribution >= 4 is 17.2 Å². The minimum absolute atomic E-state index is 0.355. The minimum Gasteiger partial charge on any atom is -0.361 e. The summed E-state index contributed by atoms with van der Waals surface area (Å²) in [7, 11) is 2.05. The first-order chi connectivity index (χ1) is 9.28. The molecule has 0 aliphatic rings. The number of hydrogen-bond donors (Lipinski definition) is 0. The van der Waals surface area contributed by atoms with Gasteiger partial charge in [0, 0.05) is 36.6 Å². The van der Waals surface area contributed by atoms with Crippen molar-refractivity contribution in [2.75, 3.05) is 0 Å². The van der Waals surface area contributed by atoms with Crippen molar-refractivity contribution in [3.05, 3.63) is 53.5 Å². The number of carbonyl (C=O) groups is 1. The van der Waals surface area contributed by atoms with Gasteiger partial charge in [0.25, 0.3) is 0 Å². The molecule has 0 aliphatic heterocycles. The van der Waals surface area contributed by atoms with E-state index in [1.165, 1.54) is 16.5 Å². The fourth-order valence-corrected chi connectivity index (χ4v) is 2.38. The number of nitrogens with zero attached hydrogens (tertiary/aromatic N) is 2. The SMILES string of the molecule is Cn1cc(CCc2cc(C=O)no2)c2ccccc21. The van der Waals surface area contributed by atoms with E-state index in [1.54, 1.807) is 6.07 Å². The Morgan fingerprint density at radius 3 is 2.95 bits per heavy atom. The van der Waals surface area contributed by atoms with E-state index in [2.05, 4.69) is 28.1 Å². The van der Waals surface area contributed by atoms with Crippen LogP contribution in [0, 0.1) is 0 Å². The van der Waals surface area contributed by atoms with Gasteiger partial charge in [-0.15, -0.1) is 0 Å². The van der Waals surface area contributed by atoms with Gasteiger partial charge in [-0.25, -0.2) is 0 Å². The molecule has 96 valence electrons. The van der Waals surface area contributed by atoms with Crippen LogP contribution in [0.15, 0.2) is 41.1 Å². The first-order valence-electron chi connectivity index (χ1n) is 6.21. The average molecular weight is 254 g/mol. The summed E-state index contributed by atoms with van der Waals surface area (Å²) in [6.45, 7) is 0.